The van der Waals surface area contributed by atoms with Crippen molar-refractivity contribution in [1.29, 1.82) is 5.26 Å². The molecule has 3 nitrogen and oxygen atoms in total. The molecule has 1 saturated carbocycles. The molecule has 1 aromatic carbocycles. The summed E-state index contributed by atoms with van der Waals surface area (Å²) in [6, 6.07) is 8.10. The van der Waals surface area contributed by atoms with Crippen LogP contribution in [-0.4, -0.2) is 6.04 Å². The Balaban J connectivity index is 1.96. The summed E-state index contributed by atoms with van der Waals surface area (Å²) in [7, 11) is 0. The van der Waals surface area contributed by atoms with E-state index in [1.165, 1.54) is 32.1 Å². The number of anilines is 2. The lowest BCUT2D eigenvalue weighted by Crippen LogP contribution is -2.26. The van der Waals surface area contributed by atoms with Gasteiger partial charge in [0.05, 0.1) is 23.0 Å². The third kappa shape index (κ3) is 2.95. The summed E-state index contributed by atoms with van der Waals surface area (Å²) in [6.07, 6.45) is 6.36. The molecule has 0 unspecified atom stereocenters. The van der Waals surface area contributed by atoms with Gasteiger partial charge in [-0.3, -0.25) is 0 Å². The second-order valence-corrected chi connectivity index (χ2v) is 5.18. The highest BCUT2D eigenvalue weighted by Crippen LogP contribution is 2.30. The van der Waals surface area contributed by atoms with E-state index in [0.29, 0.717) is 17.3 Å². The molecule has 0 radical (unpaired) electrons. The predicted octanol–water partition coefficient (Wildman–Crippen LogP) is 3.52. The molecule has 1 aliphatic rings. The van der Waals surface area contributed by atoms with Gasteiger partial charge in [-0.25, -0.2) is 0 Å². The predicted molar refractivity (Wildman–Crippen MR) is 75.2 cm³/mol. The first-order valence-corrected chi connectivity index (χ1v) is 6.79. The Kier molecular flexibility index (Phi) is 4.09. The molecule has 0 heterocycles. The Morgan fingerprint density at radius 2 is 2.06 bits per heavy atom. The van der Waals surface area contributed by atoms with Crippen LogP contribution in [0, 0.1) is 17.2 Å². The van der Waals surface area contributed by atoms with Gasteiger partial charge in [0.2, 0.25) is 0 Å². The summed E-state index contributed by atoms with van der Waals surface area (Å²) in [5, 5.41) is 12.3. The van der Waals surface area contributed by atoms with E-state index in [2.05, 4.69) is 18.3 Å². The average Bonchev–Trinajstić information content (AvgIpc) is 2.42. The van der Waals surface area contributed by atoms with E-state index < -0.39 is 0 Å². The number of hydrogen-bond donors (Lipinski definition) is 2. The van der Waals surface area contributed by atoms with Crippen LogP contribution in [0.5, 0.6) is 0 Å². The van der Waals surface area contributed by atoms with Crippen LogP contribution in [0.25, 0.3) is 0 Å². The van der Waals surface area contributed by atoms with Gasteiger partial charge in [-0.2, -0.15) is 5.26 Å². The van der Waals surface area contributed by atoms with Crippen molar-refractivity contribution in [3.05, 3.63) is 23.8 Å². The number of rotatable bonds is 3. The molecule has 3 heteroatoms. The van der Waals surface area contributed by atoms with Crippen molar-refractivity contribution in [1.82, 2.24) is 0 Å². The fourth-order valence-corrected chi connectivity index (χ4v) is 2.70. The van der Waals surface area contributed by atoms with E-state index in [9.17, 15) is 0 Å². The van der Waals surface area contributed by atoms with Crippen molar-refractivity contribution in [3.8, 4) is 6.07 Å². The topological polar surface area (TPSA) is 61.8 Å². The lowest BCUT2D eigenvalue weighted by Gasteiger charge is -2.29. The number of hydrogen-bond acceptors (Lipinski definition) is 3. The zero-order valence-electron chi connectivity index (χ0n) is 10.9. The molecule has 0 spiro atoms. The minimum atomic E-state index is 0.531. The zero-order chi connectivity index (χ0) is 13.0. The Labute approximate surface area is 109 Å². The molecule has 0 bridgehead atoms. The maximum atomic E-state index is 8.80. The molecule has 0 atom stereocenters. The lowest BCUT2D eigenvalue weighted by atomic mass is 9.84. The smallest absolute Gasteiger partial charge is 0.0992 e. The van der Waals surface area contributed by atoms with Gasteiger partial charge >= 0.3 is 0 Å². The Morgan fingerprint density at radius 3 is 2.61 bits per heavy atom. The van der Waals surface area contributed by atoms with Gasteiger partial charge in [0, 0.05) is 6.04 Å². The molecule has 0 aromatic heterocycles. The van der Waals surface area contributed by atoms with Crippen LogP contribution < -0.4 is 11.1 Å². The van der Waals surface area contributed by atoms with Crippen molar-refractivity contribution >= 4 is 11.4 Å². The molecule has 1 fully saturated rings. The first-order valence-electron chi connectivity index (χ1n) is 6.79. The number of nitrogen functional groups attached to an aromatic ring is 1. The van der Waals surface area contributed by atoms with E-state index in [4.69, 9.17) is 11.0 Å². The van der Waals surface area contributed by atoms with Crippen molar-refractivity contribution in [2.24, 2.45) is 5.92 Å². The van der Waals surface area contributed by atoms with Gasteiger partial charge in [0.25, 0.3) is 0 Å². The SMILES string of the molecule is CCC1CCC(Nc2ccc(C#N)cc2N)CC1. The molecule has 0 aliphatic heterocycles. The van der Waals surface area contributed by atoms with Gasteiger partial charge in [0.1, 0.15) is 0 Å². The molecule has 3 N–H and O–H groups in total. The van der Waals surface area contributed by atoms with Crippen LogP contribution in [-0.2, 0) is 0 Å². The minimum Gasteiger partial charge on any atom is -0.397 e. The number of nitriles is 1. The Bertz CT molecular complexity index is 440. The molecule has 1 aromatic rings. The molecular weight excluding hydrogens is 222 g/mol. The number of nitrogens with two attached hydrogens (primary N) is 1. The second-order valence-electron chi connectivity index (χ2n) is 5.18. The van der Waals surface area contributed by atoms with E-state index in [0.717, 1.165) is 11.6 Å². The molecular formula is C15H21N3. The summed E-state index contributed by atoms with van der Waals surface area (Å²) in [5.41, 5.74) is 8.21. The van der Waals surface area contributed by atoms with Crippen LogP contribution in [0.1, 0.15) is 44.6 Å². The molecule has 2 rings (SSSR count). The van der Waals surface area contributed by atoms with Crippen LogP contribution in [0.2, 0.25) is 0 Å². The second kappa shape index (κ2) is 5.77. The third-order valence-electron chi connectivity index (χ3n) is 3.96. The fourth-order valence-electron chi connectivity index (χ4n) is 2.70. The lowest BCUT2D eigenvalue weighted by molar-refractivity contribution is 0.330. The molecule has 96 valence electrons. The van der Waals surface area contributed by atoms with Gasteiger partial charge in [-0.05, 0) is 49.8 Å². The van der Waals surface area contributed by atoms with E-state index >= 15 is 0 Å². The van der Waals surface area contributed by atoms with Crippen LogP contribution in [0.4, 0.5) is 11.4 Å². The summed E-state index contributed by atoms with van der Waals surface area (Å²) < 4.78 is 0. The van der Waals surface area contributed by atoms with Crippen LogP contribution in [0.3, 0.4) is 0 Å². The summed E-state index contributed by atoms with van der Waals surface area (Å²) >= 11 is 0. The standard InChI is InChI=1S/C15H21N3/c1-2-11-3-6-13(7-4-11)18-15-8-5-12(10-16)9-14(15)17/h5,8-9,11,13,18H,2-4,6-7,17H2,1H3. The largest absolute Gasteiger partial charge is 0.397 e. The van der Waals surface area contributed by atoms with Crippen molar-refractivity contribution in [2.75, 3.05) is 11.1 Å². The Morgan fingerprint density at radius 1 is 1.33 bits per heavy atom. The summed E-state index contributed by atoms with van der Waals surface area (Å²) in [5.74, 6) is 0.904. The van der Waals surface area contributed by atoms with Crippen LogP contribution >= 0.6 is 0 Å². The van der Waals surface area contributed by atoms with E-state index in [1.54, 1.807) is 6.07 Å². The highest BCUT2D eigenvalue weighted by atomic mass is 14.9. The van der Waals surface area contributed by atoms with Gasteiger partial charge < -0.3 is 11.1 Å². The van der Waals surface area contributed by atoms with Gasteiger partial charge in [-0.1, -0.05) is 13.3 Å². The maximum Gasteiger partial charge on any atom is 0.0992 e. The molecule has 18 heavy (non-hydrogen) atoms. The van der Waals surface area contributed by atoms with Gasteiger partial charge in [-0.15, -0.1) is 0 Å². The van der Waals surface area contributed by atoms with Crippen molar-refractivity contribution in [2.45, 2.75) is 45.1 Å². The van der Waals surface area contributed by atoms with Crippen molar-refractivity contribution in [3.63, 3.8) is 0 Å². The number of benzene rings is 1. The van der Waals surface area contributed by atoms with Crippen molar-refractivity contribution < 1.29 is 0 Å². The third-order valence-corrected chi connectivity index (χ3v) is 3.96. The Hall–Kier alpha value is -1.69. The molecule has 0 saturated heterocycles. The zero-order valence-corrected chi connectivity index (χ0v) is 10.9. The van der Waals surface area contributed by atoms with Gasteiger partial charge in [0.15, 0.2) is 0 Å². The monoisotopic (exact) mass is 243 g/mol. The first-order chi connectivity index (χ1) is 8.72. The van der Waals surface area contributed by atoms with Crippen LogP contribution in [0.15, 0.2) is 18.2 Å². The van der Waals surface area contributed by atoms with E-state index in [1.807, 2.05) is 12.1 Å². The highest BCUT2D eigenvalue weighted by Gasteiger charge is 2.20. The number of nitrogens with zero attached hydrogens (tertiary/aromatic N) is 1. The minimum absolute atomic E-state index is 0.531. The average molecular weight is 243 g/mol. The molecule has 0 amide bonds. The van der Waals surface area contributed by atoms with E-state index in [-0.39, 0.29) is 0 Å². The summed E-state index contributed by atoms with van der Waals surface area (Å²) in [4.78, 5) is 0. The summed E-state index contributed by atoms with van der Waals surface area (Å²) in [6.45, 7) is 2.27. The highest BCUT2D eigenvalue weighted by molar-refractivity contribution is 5.68. The quantitative estimate of drug-likeness (QED) is 0.798. The fraction of sp³-hybridized carbons (Fsp3) is 0.533. The first kappa shape index (κ1) is 12.8. The number of nitrogens with one attached hydrogen (secondary N) is 1. The molecule has 1 aliphatic carbocycles. The maximum absolute atomic E-state index is 8.80. The normalized spacial score (nSPS) is 23.3.